The molecule has 0 saturated heterocycles. The SMILES string of the molecule is C[C@@H](NC(=O)CSc1nc2ccc(N=Cc3cc(Cl)ccc3O)cc2s1)c1ccccc1. The molecule has 162 valence electrons. The van der Waals surface area contributed by atoms with Gasteiger partial charge in [-0.3, -0.25) is 9.79 Å². The van der Waals surface area contributed by atoms with Crippen LogP contribution in [0.15, 0.2) is 76.1 Å². The number of carbonyl (C=O) groups excluding carboxylic acids is 1. The van der Waals surface area contributed by atoms with E-state index in [4.69, 9.17) is 11.6 Å². The average molecular weight is 482 g/mol. The lowest BCUT2D eigenvalue weighted by Gasteiger charge is -2.13. The number of aliphatic imine (C=N–C) groups is 1. The van der Waals surface area contributed by atoms with Crippen molar-refractivity contribution in [3.8, 4) is 5.75 Å². The van der Waals surface area contributed by atoms with Gasteiger partial charge in [0.05, 0.1) is 27.7 Å². The topological polar surface area (TPSA) is 74.6 Å². The molecule has 0 saturated carbocycles. The molecule has 0 fully saturated rings. The van der Waals surface area contributed by atoms with Gasteiger partial charge in [0.25, 0.3) is 0 Å². The molecule has 32 heavy (non-hydrogen) atoms. The molecule has 1 aromatic heterocycles. The fraction of sp³-hybridized carbons (Fsp3) is 0.125. The van der Waals surface area contributed by atoms with Crippen molar-refractivity contribution in [2.45, 2.75) is 17.3 Å². The van der Waals surface area contributed by atoms with E-state index in [0.29, 0.717) is 16.3 Å². The van der Waals surface area contributed by atoms with Crippen molar-refractivity contribution in [1.29, 1.82) is 0 Å². The highest BCUT2D eigenvalue weighted by Crippen LogP contribution is 2.32. The number of aromatic hydroxyl groups is 1. The average Bonchev–Trinajstić information content (AvgIpc) is 3.21. The lowest BCUT2D eigenvalue weighted by Crippen LogP contribution is -2.28. The molecule has 3 aromatic carbocycles. The van der Waals surface area contributed by atoms with Gasteiger partial charge < -0.3 is 10.4 Å². The molecule has 0 bridgehead atoms. The number of benzene rings is 3. The van der Waals surface area contributed by atoms with E-state index in [0.717, 1.165) is 25.8 Å². The number of hydrogen-bond donors (Lipinski definition) is 2. The molecule has 8 heteroatoms. The molecule has 1 heterocycles. The number of nitrogens with one attached hydrogen (secondary N) is 1. The van der Waals surface area contributed by atoms with Crippen molar-refractivity contribution in [2.24, 2.45) is 4.99 Å². The fourth-order valence-corrected chi connectivity index (χ4v) is 5.14. The predicted octanol–water partition coefficient (Wildman–Crippen LogP) is 6.38. The van der Waals surface area contributed by atoms with Gasteiger partial charge in [-0.15, -0.1) is 11.3 Å². The number of carbonyl (C=O) groups is 1. The number of halogens is 1. The van der Waals surface area contributed by atoms with Gasteiger partial charge in [-0.1, -0.05) is 53.7 Å². The minimum absolute atomic E-state index is 0.0303. The first-order chi connectivity index (χ1) is 15.5. The maximum Gasteiger partial charge on any atom is 0.230 e. The molecule has 0 unspecified atom stereocenters. The molecule has 2 N–H and O–H groups in total. The normalized spacial score (nSPS) is 12.3. The second-order valence-corrected chi connectivity index (χ2v) is 9.77. The Balaban J connectivity index is 1.39. The van der Waals surface area contributed by atoms with Crippen LogP contribution in [0.2, 0.25) is 5.02 Å². The summed E-state index contributed by atoms with van der Waals surface area (Å²) in [4.78, 5) is 21.4. The monoisotopic (exact) mass is 481 g/mol. The summed E-state index contributed by atoms with van der Waals surface area (Å²) in [6.07, 6.45) is 1.58. The van der Waals surface area contributed by atoms with Gasteiger partial charge in [0, 0.05) is 16.8 Å². The van der Waals surface area contributed by atoms with Crippen LogP contribution in [0.25, 0.3) is 10.2 Å². The van der Waals surface area contributed by atoms with Gasteiger partial charge in [-0.25, -0.2) is 4.98 Å². The highest BCUT2D eigenvalue weighted by atomic mass is 35.5. The summed E-state index contributed by atoms with van der Waals surface area (Å²) in [6.45, 7) is 1.97. The lowest BCUT2D eigenvalue weighted by atomic mass is 10.1. The third-order valence-corrected chi connectivity index (χ3v) is 7.09. The molecule has 1 amide bonds. The molecule has 4 aromatic rings. The number of phenolic OH excluding ortho intramolecular Hbond substituents is 1. The third kappa shape index (κ3) is 5.68. The Bertz CT molecular complexity index is 1270. The zero-order valence-electron chi connectivity index (χ0n) is 17.2. The Labute approximate surface area is 199 Å². The number of hydrogen-bond acceptors (Lipinski definition) is 6. The van der Waals surface area contributed by atoms with Gasteiger partial charge in [-0.2, -0.15) is 0 Å². The van der Waals surface area contributed by atoms with Crippen LogP contribution in [0.4, 0.5) is 5.69 Å². The van der Waals surface area contributed by atoms with Crippen LogP contribution in [0, 0.1) is 0 Å². The zero-order valence-corrected chi connectivity index (χ0v) is 19.5. The van der Waals surface area contributed by atoms with Gasteiger partial charge in [0.1, 0.15) is 5.75 Å². The Morgan fingerprint density at radius 2 is 2.03 bits per heavy atom. The summed E-state index contributed by atoms with van der Waals surface area (Å²) in [5.41, 5.74) is 3.23. The smallest absolute Gasteiger partial charge is 0.230 e. The van der Waals surface area contributed by atoms with Crippen LogP contribution >= 0.6 is 34.7 Å². The fourth-order valence-electron chi connectivity index (χ4n) is 3.04. The van der Waals surface area contributed by atoms with Crippen LogP contribution in [0.3, 0.4) is 0 Å². The molecule has 0 aliphatic heterocycles. The van der Waals surface area contributed by atoms with E-state index in [9.17, 15) is 9.90 Å². The Hall–Kier alpha value is -2.87. The minimum atomic E-state index is -0.0426. The molecule has 0 aliphatic rings. The van der Waals surface area contributed by atoms with Crippen molar-refractivity contribution < 1.29 is 9.90 Å². The summed E-state index contributed by atoms with van der Waals surface area (Å²) < 4.78 is 1.81. The molecular weight excluding hydrogens is 462 g/mol. The molecule has 5 nitrogen and oxygen atoms in total. The number of thioether (sulfide) groups is 1. The van der Waals surface area contributed by atoms with Crippen molar-refractivity contribution in [3.05, 3.63) is 82.9 Å². The third-order valence-electron chi connectivity index (χ3n) is 4.70. The summed E-state index contributed by atoms with van der Waals surface area (Å²) in [7, 11) is 0. The van der Waals surface area contributed by atoms with E-state index in [1.165, 1.54) is 29.2 Å². The maximum atomic E-state index is 12.3. The number of phenols is 1. The molecule has 1 atom stereocenters. The van der Waals surface area contributed by atoms with Crippen LogP contribution in [-0.4, -0.2) is 28.0 Å². The van der Waals surface area contributed by atoms with E-state index in [2.05, 4.69) is 15.3 Å². The standard InChI is InChI=1S/C24H20ClN3O2S2/c1-15(16-5-3-2-4-6-16)27-23(30)14-31-24-28-20-9-8-19(12-22(20)32-24)26-13-17-11-18(25)7-10-21(17)29/h2-13,15,29H,14H2,1H3,(H,27,30)/t15-/m1/s1. The van der Waals surface area contributed by atoms with E-state index >= 15 is 0 Å². The van der Waals surface area contributed by atoms with Gasteiger partial charge in [0.15, 0.2) is 4.34 Å². The van der Waals surface area contributed by atoms with Gasteiger partial charge in [-0.05, 0) is 48.9 Å². The zero-order chi connectivity index (χ0) is 22.5. The first-order valence-corrected chi connectivity index (χ1v) is 12.1. The number of amides is 1. The predicted molar refractivity (Wildman–Crippen MR) is 134 cm³/mol. The van der Waals surface area contributed by atoms with Crippen LogP contribution in [-0.2, 0) is 4.79 Å². The van der Waals surface area contributed by atoms with Crippen molar-refractivity contribution in [3.63, 3.8) is 0 Å². The second-order valence-electron chi connectivity index (χ2n) is 7.08. The Morgan fingerprint density at radius 1 is 1.22 bits per heavy atom. The van der Waals surface area contributed by atoms with Gasteiger partial charge >= 0.3 is 0 Å². The summed E-state index contributed by atoms with van der Waals surface area (Å²) in [6, 6.07) is 20.4. The van der Waals surface area contributed by atoms with E-state index in [1.54, 1.807) is 18.3 Å². The summed E-state index contributed by atoms with van der Waals surface area (Å²) >= 11 is 8.92. The molecule has 0 aliphatic carbocycles. The second kappa shape index (κ2) is 10.2. The molecular formula is C24H20ClN3O2S2. The van der Waals surface area contributed by atoms with E-state index < -0.39 is 0 Å². The first-order valence-electron chi connectivity index (χ1n) is 9.88. The maximum absolute atomic E-state index is 12.3. The lowest BCUT2D eigenvalue weighted by molar-refractivity contribution is -0.119. The largest absolute Gasteiger partial charge is 0.507 e. The highest BCUT2D eigenvalue weighted by Gasteiger charge is 2.12. The van der Waals surface area contributed by atoms with Crippen LogP contribution in [0.1, 0.15) is 24.1 Å². The van der Waals surface area contributed by atoms with E-state index in [-0.39, 0.29) is 17.7 Å². The number of thiazole rings is 1. The first kappa shape index (κ1) is 22.3. The Morgan fingerprint density at radius 3 is 2.84 bits per heavy atom. The number of nitrogens with zero attached hydrogens (tertiary/aromatic N) is 2. The van der Waals surface area contributed by atoms with Crippen molar-refractivity contribution in [2.75, 3.05) is 5.75 Å². The number of aromatic nitrogens is 1. The molecule has 0 spiro atoms. The Kier molecular flexibility index (Phi) is 7.09. The highest BCUT2D eigenvalue weighted by molar-refractivity contribution is 8.01. The number of fused-ring (bicyclic) bond motifs is 1. The van der Waals surface area contributed by atoms with Gasteiger partial charge in [0.2, 0.25) is 5.91 Å². The van der Waals surface area contributed by atoms with Crippen LogP contribution < -0.4 is 5.32 Å². The molecule has 0 radical (unpaired) electrons. The summed E-state index contributed by atoms with van der Waals surface area (Å²) in [5.74, 6) is 0.392. The van der Waals surface area contributed by atoms with Crippen LogP contribution in [0.5, 0.6) is 5.75 Å². The molecule has 4 rings (SSSR count). The minimum Gasteiger partial charge on any atom is -0.507 e. The van der Waals surface area contributed by atoms with Crippen molar-refractivity contribution >= 4 is 62.7 Å². The summed E-state index contributed by atoms with van der Waals surface area (Å²) in [5, 5.41) is 13.5. The van der Waals surface area contributed by atoms with E-state index in [1.807, 2.05) is 55.5 Å². The number of rotatable bonds is 7. The quantitative estimate of drug-likeness (QED) is 0.237. The van der Waals surface area contributed by atoms with Crippen molar-refractivity contribution in [1.82, 2.24) is 10.3 Å².